The summed E-state index contributed by atoms with van der Waals surface area (Å²) in [6.07, 6.45) is 4.73. The molecule has 1 aliphatic heterocycles. The van der Waals surface area contributed by atoms with E-state index in [-0.39, 0.29) is 35.7 Å². The molecule has 2 fully saturated rings. The van der Waals surface area contributed by atoms with Crippen LogP contribution in [0.1, 0.15) is 42.1 Å². The van der Waals surface area contributed by atoms with E-state index < -0.39 is 17.9 Å². The van der Waals surface area contributed by atoms with Gasteiger partial charge >= 0.3 is 0 Å². The van der Waals surface area contributed by atoms with Gasteiger partial charge in [0.05, 0.1) is 24.9 Å². The number of hydrogen-bond donors (Lipinski definition) is 3. The summed E-state index contributed by atoms with van der Waals surface area (Å²) in [6, 6.07) is 3.82. The number of pyridine rings is 1. The van der Waals surface area contributed by atoms with Crippen LogP contribution in [-0.4, -0.2) is 57.3 Å². The molecule has 1 saturated carbocycles. The van der Waals surface area contributed by atoms with E-state index in [1.165, 1.54) is 10.7 Å². The van der Waals surface area contributed by atoms with E-state index in [1.54, 1.807) is 36.0 Å². The van der Waals surface area contributed by atoms with Crippen molar-refractivity contribution in [2.24, 2.45) is 0 Å². The van der Waals surface area contributed by atoms with Crippen LogP contribution < -0.4 is 21.5 Å². The van der Waals surface area contributed by atoms with Gasteiger partial charge in [-0.05, 0) is 31.4 Å². The SMILES string of the molecule is CNc1cc(Nc2cccn([C@H]3CCCOC3)c2=O)nc2c(C(=O)NC3CCC3(F)F)cnn12. The number of anilines is 3. The molecular formula is C22H25F2N7O3. The van der Waals surface area contributed by atoms with Crippen molar-refractivity contribution < 1.29 is 18.3 Å². The van der Waals surface area contributed by atoms with Crippen molar-refractivity contribution >= 4 is 28.9 Å². The van der Waals surface area contributed by atoms with E-state index in [9.17, 15) is 18.4 Å². The van der Waals surface area contributed by atoms with Gasteiger partial charge in [-0.1, -0.05) is 0 Å². The molecule has 5 rings (SSSR count). The van der Waals surface area contributed by atoms with E-state index in [4.69, 9.17) is 4.74 Å². The molecule has 0 bridgehead atoms. The Labute approximate surface area is 193 Å². The van der Waals surface area contributed by atoms with Crippen LogP contribution >= 0.6 is 0 Å². The van der Waals surface area contributed by atoms with Crippen LogP contribution in [0, 0.1) is 0 Å². The van der Waals surface area contributed by atoms with Crippen LogP contribution in [-0.2, 0) is 4.74 Å². The van der Waals surface area contributed by atoms with Gasteiger partial charge in [0.15, 0.2) is 5.65 Å². The van der Waals surface area contributed by atoms with E-state index in [0.717, 1.165) is 12.8 Å². The number of aromatic nitrogens is 4. The topological polar surface area (TPSA) is 115 Å². The molecule has 0 spiro atoms. The summed E-state index contributed by atoms with van der Waals surface area (Å²) in [6.45, 7) is 1.17. The van der Waals surface area contributed by atoms with Crippen LogP contribution in [0.25, 0.3) is 5.65 Å². The van der Waals surface area contributed by atoms with Crippen molar-refractivity contribution in [3.63, 3.8) is 0 Å². The number of nitrogens with one attached hydrogen (secondary N) is 3. The summed E-state index contributed by atoms with van der Waals surface area (Å²) in [5.41, 5.74) is 0.329. The van der Waals surface area contributed by atoms with Crippen LogP contribution in [0.5, 0.6) is 0 Å². The van der Waals surface area contributed by atoms with Crippen LogP contribution in [0.15, 0.2) is 35.4 Å². The van der Waals surface area contributed by atoms with Crippen molar-refractivity contribution in [2.75, 3.05) is 30.9 Å². The molecule has 2 aliphatic rings. The zero-order chi connectivity index (χ0) is 23.9. The Balaban J connectivity index is 1.46. The molecule has 3 aromatic rings. The fourth-order valence-corrected chi connectivity index (χ4v) is 4.26. The van der Waals surface area contributed by atoms with Crippen molar-refractivity contribution in [2.45, 2.75) is 43.7 Å². The number of alkyl halides is 2. The second-order valence-electron chi connectivity index (χ2n) is 8.53. The highest BCUT2D eigenvalue weighted by atomic mass is 19.3. The smallest absolute Gasteiger partial charge is 0.274 e. The molecule has 0 aromatic carbocycles. The minimum absolute atomic E-state index is 0.0407. The molecule has 10 nitrogen and oxygen atoms in total. The summed E-state index contributed by atoms with van der Waals surface area (Å²) in [5, 5.41) is 12.6. The second kappa shape index (κ2) is 8.67. The lowest BCUT2D eigenvalue weighted by molar-refractivity contribution is -0.102. The van der Waals surface area contributed by atoms with Crippen LogP contribution in [0.4, 0.5) is 26.1 Å². The largest absolute Gasteiger partial charge is 0.379 e. The lowest BCUT2D eigenvalue weighted by Gasteiger charge is -2.36. The quantitative estimate of drug-likeness (QED) is 0.504. The standard InChI is InChI=1S/C22H25F2N7O3/c1-25-18-10-17(27-15-5-2-8-30(21(15)33)13-4-3-9-34-12-13)29-19-14(11-26-31(18)19)20(32)28-16-6-7-22(16,23)24/h2,5,8,10-11,13,16,25H,3-4,6-7,9,12H2,1H3,(H,27,29)(H,28,32)/t13-,16?/m0/s1. The third-order valence-electron chi connectivity index (χ3n) is 6.32. The number of carbonyl (C=O) groups excluding carboxylic acids is 1. The van der Waals surface area contributed by atoms with Gasteiger partial charge in [0.25, 0.3) is 17.4 Å². The van der Waals surface area contributed by atoms with Gasteiger partial charge < -0.3 is 25.3 Å². The molecule has 180 valence electrons. The van der Waals surface area contributed by atoms with Gasteiger partial charge in [-0.25, -0.2) is 13.8 Å². The number of rotatable bonds is 6. The average Bonchev–Trinajstić information content (AvgIpc) is 3.27. The summed E-state index contributed by atoms with van der Waals surface area (Å²) >= 11 is 0. The number of fused-ring (bicyclic) bond motifs is 1. The van der Waals surface area contributed by atoms with Gasteiger partial charge in [0.2, 0.25) is 0 Å². The molecular weight excluding hydrogens is 448 g/mol. The highest BCUT2D eigenvalue weighted by molar-refractivity contribution is 6.00. The molecule has 4 heterocycles. The Kier molecular flexibility index (Phi) is 5.68. The monoisotopic (exact) mass is 473 g/mol. The summed E-state index contributed by atoms with van der Waals surface area (Å²) in [4.78, 5) is 30.3. The van der Waals surface area contributed by atoms with Crippen molar-refractivity contribution in [3.05, 3.63) is 46.5 Å². The normalized spacial score (nSPS) is 21.6. The minimum atomic E-state index is -2.91. The molecule has 12 heteroatoms. The Bertz CT molecular complexity index is 1280. The van der Waals surface area contributed by atoms with E-state index in [2.05, 4.69) is 26.0 Å². The summed E-state index contributed by atoms with van der Waals surface area (Å²) in [5.74, 6) is -2.79. The van der Waals surface area contributed by atoms with E-state index in [1.807, 2.05) is 0 Å². The Morgan fingerprint density at radius 1 is 1.32 bits per heavy atom. The number of hydrogen-bond acceptors (Lipinski definition) is 7. The fourth-order valence-electron chi connectivity index (χ4n) is 4.26. The first-order valence-corrected chi connectivity index (χ1v) is 11.2. The summed E-state index contributed by atoms with van der Waals surface area (Å²) < 4.78 is 35.8. The van der Waals surface area contributed by atoms with Crippen molar-refractivity contribution in [1.82, 2.24) is 24.5 Å². The first kappa shape index (κ1) is 22.3. The van der Waals surface area contributed by atoms with Crippen LogP contribution in [0.3, 0.4) is 0 Å². The summed E-state index contributed by atoms with van der Waals surface area (Å²) in [7, 11) is 1.67. The highest BCUT2D eigenvalue weighted by Crippen LogP contribution is 2.37. The van der Waals surface area contributed by atoms with Gasteiger partial charge in [-0.3, -0.25) is 9.59 Å². The van der Waals surface area contributed by atoms with Gasteiger partial charge in [-0.15, -0.1) is 0 Å². The Morgan fingerprint density at radius 3 is 2.85 bits per heavy atom. The molecule has 34 heavy (non-hydrogen) atoms. The van der Waals surface area contributed by atoms with Crippen molar-refractivity contribution in [3.8, 4) is 0 Å². The Morgan fingerprint density at radius 2 is 2.18 bits per heavy atom. The number of halogens is 2. The average molecular weight is 473 g/mol. The van der Waals surface area contributed by atoms with Gasteiger partial charge in [0, 0.05) is 32.3 Å². The van der Waals surface area contributed by atoms with E-state index >= 15 is 0 Å². The highest BCUT2D eigenvalue weighted by Gasteiger charge is 2.49. The second-order valence-corrected chi connectivity index (χ2v) is 8.53. The molecule has 3 aromatic heterocycles. The first-order valence-electron chi connectivity index (χ1n) is 11.2. The molecule has 3 N–H and O–H groups in total. The maximum Gasteiger partial charge on any atom is 0.274 e. The lowest BCUT2D eigenvalue weighted by Crippen LogP contribution is -2.55. The molecule has 1 amide bonds. The maximum atomic E-state index is 13.6. The molecule has 1 unspecified atom stereocenters. The molecule has 1 saturated heterocycles. The predicted octanol–water partition coefficient (Wildman–Crippen LogP) is 2.56. The third-order valence-corrected chi connectivity index (χ3v) is 6.32. The number of carbonyl (C=O) groups is 1. The lowest BCUT2D eigenvalue weighted by atomic mass is 9.88. The van der Waals surface area contributed by atoms with Crippen LogP contribution in [0.2, 0.25) is 0 Å². The van der Waals surface area contributed by atoms with Crippen molar-refractivity contribution in [1.29, 1.82) is 0 Å². The number of amides is 1. The van der Waals surface area contributed by atoms with Gasteiger partial charge in [-0.2, -0.15) is 9.61 Å². The van der Waals surface area contributed by atoms with E-state index in [0.29, 0.717) is 30.5 Å². The maximum absolute atomic E-state index is 13.6. The molecule has 1 aliphatic carbocycles. The first-order chi connectivity index (χ1) is 16.4. The third kappa shape index (κ3) is 3.98. The molecule has 2 atom stereocenters. The molecule has 0 radical (unpaired) electrons. The number of nitrogens with zero attached hydrogens (tertiary/aromatic N) is 4. The zero-order valence-electron chi connectivity index (χ0n) is 18.6. The Hall–Kier alpha value is -3.54. The minimum Gasteiger partial charge on any atom is -0.379 e. The predicted molar refractivity (Wildman–Crippen MR) is 121 cm³/mol. The fraction of sp³-hybridized carbons (Fsp3) is 0.455. The zero-order valence-corrected chi connectivity index (χ0v) is 18.6. The number of ether oxygens (including phenoxy) is 1. The van der Waals surface area contributed by atoms with Gasteiger partial charge in [0.1, 0.15) is 22.9 Å².